The van der Waals surface area contributed by atoms with Gasteiger partial charge in [0, 0.05) is 24.6 Å². The zero-order valence-corrected chi connectivity index (χ0v) is 13.1. The molecule has 8 heteroatoms. The Hall–Kier alpha value is -1.22. The summed E-state index contributed by atoms with van der Waals surface area (Å²) in [5.41, 5.74) is 0. The van der Waals surface area contributed by atoms with Crippen LogP contribution in [0.15, 0.2) is 34.8 Å². The van der Waals surface area contributed by atoms with Gasteiger partial charge in [-0.2, -0.15) is 9.40 Å². The van der Waals surface area contributed by atoms with Gasteiger partial charge in [-0.05, 0) is 30.4 Å². The fourth-order valence-corrected chi connectivity index (χ4v) is 4.52. The lowest BCUT2D eigenvalue weighted by molar-refractivity contribution is 0.0927. The summed E-state index contributed by atoms with van der Waals surface area (Å²) in [5.74, 6) is 0. The highest BCUT2D eigenvalue weighted by molar-refractivity contribution is 7.89. The van der Waals surface area contributed by atoms with Crippen molar-refractivity contribution in [3.63, 3.8) is 0 Å². The maximum Gasteiger partial charge on any atom is 0.260 e. The Morgan fingerprint density at radius 3 is 3.00 bits per heavy atom. The largest absolute Gasteiger partial charge is 0.377 e. The third kappa shape index (κ3) is 3.34. The van der Waals surface area contributed by atoms with Crippen LogP contribution in [0.3, 0.4) is 0 Å². The van der Waals surface area contributed by atoms with Crippen LogP contribution in [0.5, 0.6) is 0 Å². The van der Waals surface area contributed by atoms with Crippen LogP contribution < -0.4 is 0 Å². The Morgan fingerprint density at radius 2 is 2.38 bits per heavy atom. The molecule has 1 unspecified atom stereocenters. The van der Waals surface area contributed by atoms with Gasteiger partial charge in [0.1, 0.15) is 0 Å². The average molecular weight is 327 g/mol. The number of hydrogen-bond donors (Lipinski definition) is 1. The summed E-state index contributed by atoms with van der Waals surface area (Å²) >= 11 is 1.55. The van der Waals surface area contributed by atoms with Gasteiger partial charge in [-0.1, -0.05) is 6.07 Å². The Kier molecular flexibility index (Phi) is 4.39. The van der Waals surface area contributed by atoms with Gasteiger partial charge < -0.3 is 4.74 Å². The van der Waals surface area contributed by atoms with E-state index in [0.717, 1.165) is 17.7 Å². The van der Waals surface area contributed by atoms with E-state index in [2.05, 4.69) is 10.2 Å². The molecule has 1 fully saturated rings. The minimum absolute atomic E-state index is 0.0253. The highest BCUT2D eigenvalue weighted by Gasteiger charge is 2.30. The first-order valence-electron chi connectivity index (χ1n) is 6.80. The number of sulfonamides is 1. The summed E-state index contributed by atoms with van der Waals surface area (Å²) in [4.78, 5) is 1.01. The van der Waals surface area contributed by atoms with Gasteiger partial charge in [0.05, 0.1) is 12.3 Å². The average Bonchev–Trinajstić information content (AvgIpc) is 3.22. The van der Waals surface area contributed by atoms with Crippen molar-refractivity contribution in [2.75, 3.05) is 13.2 Å². The minimum atomic E-state index is -3.58. The predicted molar refractivity (Wildman–Crippen MR) is 79.5 cm³/mol. The number of hydrogen-bond acceptors (Lipinski definition) is 5. The molecule has 0 aliphatic carbocycles. The highest BCUT2D eigenvalue weighted by Crippen LogP contribution is 2.22. The van der Waals surface area contributed by atoms with Crippen molar-refractivity contribution in [1.29, 1.82) is 0 Å². The molecule has 21 heavy (non-hydrogen) atoms. The van der Waals surface area contributed by atoms with E-state index < -0.39 is 10.0 Å². The van der Waals surface area contributed by atoms with Gasteiger partial charge in [-0.25, -0.2) is 8.42 Å². The fraction of sp³-hybridized carbons (Fsp3) is 0.462. The van der Waals surface area contributed by atoms with Crippen molar-refractivity contribution in [3.8, 4) is 0 Å². The van der Waals surface area contributed by atoms with Crippen LogP contribution in [0.25, 0.3) is 0 Å². The van der Waals surface area contributed by atoms with E-state index in [0.29, 0.717) is 19.7 Å². The molecule has 0 radical (unpaired) electrons. The second kappa shape index (κ2) is 6.27. The molecule has 2 aromatic rings. The van der Waals surface area contributed by atoms with Crippen molar-refractivity contribution in [3.05, 3.63) is 34.7 Å². The van der Waals surface area contributed by atoms with Crippen LogP contribution in [0, 0.1) is 0 Å². The molecule has 2 aromatic heterocycles. The lowest BCUT2D eigenvalue weighted by Gasteiger charge is -2.23. The molecule has 1 N–H and O–H groups in total. The van der Waals surface area contributed by atoms with Gasteiger partial charge >= 0.3 is 0 Å². The Balaban J connectivity index is 1.83. The number of aromatic nitrogens is 2. The van der Waals surface area contributed by atoms with E-state index in [1.807, 2.05) is 17.5 Å². The maximum absolute atomic E-state index is 12.7. The second-order valence-corrected chi connectivity index (χ2v) is 7.87. The lowest BCUT2D eigenvalue weighted by Crippen LogP contribution is -2.36. The van der Waals surface area contributed by atoms with Crippen LogP contribution in [0.4, 0.5) is 0 Å². The number of nitrogens with zero attached hydrogens (tertiary/aromatic N) is 2. The van der Waals surface area contributed by atoms with Crippen molar-refractivity contribution < 1.29 is 13.2 Å². The van der Waals surface area contributed by atoms with Crippen LogP contribution in [-0.2, 0) is 21.3 Å². The maximum atomic E-state index is 12.7. The molecule has 114 valence electrons. The minimum Gasteiger partial charge on any atom is -0.377 e. The first-order chi connectivity index (χ1) is 10.2. The molecule has 1 atom stereocenters. The quantitative estimate of drug-likeness (QED) is 0.878. The zero-order valence-electron chi connectivity index (χ0n) is 11.4. The molecule has 0 spiro atoms. The monoisotopic (exact) mass is 327 g/mol. The first-order valence-corrected chi connectivity index (χ1v) is 9.12. The predicted octanol–water partition coefficient (Wildman–Crippen LogP) is 1.84. The second-order valence-electron chi connectivity index (χ2n) is 4.93. The molecule has 1 saturated heterocycles. The van der Waals surface area contributed by atoms with Crippen LogP contribution >= 0.6 is 11.3 Å². The van der Waals surface area contributed by atoms with E-state index >= 15 is 0 Å². The molecular formula is C13H17N3O3S2. The molecule has 0 bridgehead atoms. The SMILES string of the molecule is O=S(=O)(c1ccn[nH]1)N(Cc1cccs1)CC1CCCO1. The summed E-state index contributed by atoms with van der Waals surface area (Å²) in [5, 5.41) is 8.35. The normalized spacial score (nSPS) is 19.4. The van der Waals surface area contributed by atoms with Crippen LogP contribution in [0.1, 0.15) is 17.7 Å². The number of rotatable bonds is 6. The van der Waals surface area contributed by atoms with Gasteiger partial charge in [0.2, 0.25) is 0 Å². The molecule has 6 nitrogen and oxygen atoms in total. The molecule has 0 aromatic carbocycles. The van der Waals surface area contributed by atoms with Gasteiger partial charge in [-0.3, -0.25) is 5.10 Å². The molecule has 0 amide bonds. The lowest BCUT2D eigenvalue weighted by atomic mass is 10.2. The van der Waals surface area contributed by atoms with Gasteiger partial charge in [0.25, 0.3) is 10.0 Å². The molecule has 1 aliphatic rings. The van der Waals surface area contributed by atoms with Crippen molar-refractivity contribution in [1.82, 2.24) is 14.5 Å². The summed E-state index contributed by atoms with van der Waals surface area (Å²) in [6.07, 6.45) is 3.31. The Morgan fingerprint density at radius 1 is 1.48 bits per heavy atom. The van der Waals surface area contributed by atoms with Gasteiger partial charge in [-0.15, -0.1) is 11.3 Å². The zero-order chi connectivity index (χ0) is 14.7. The van der Waals surface area contributed by atoms with Crippen LogP contribution in [0.2, 0.25) is 0 Å². The smallest absolute Gasteiger partial charge is 0.260 e. The van der Waals surface area contributed by atoms with Crippen molar-refractivity contribution >= 4 is 21.4 Å². The number of thiophene rings is 1. The Labute approximate surface area is 127 Å². The van der Waals surface area contributed by atoms with Gasteiger partial charge in [0.15, 0.2) is 5.03 Å². The van der Waals surface area contributed by atoms with Crippen molar-refractivity contribution in [2.24, 2.45) is 0 Å². The number of H-pyrrole nitrogens is 1. The first kappa shape index (κ1) is 14.7. The molecule has 3 heterocycles. The summed E-state index contributed by atoms with van der Waals surface area (Å²) in [6, 6.07) is 5.34. The van der Waals surface area contributed by atoms with Crippen molar-refractivity contribution in [2.45, 2.75) is 30.5 Å². The van der Waals surface area contributed by atoms with E-state index in [9.17, 15) is 8.42 Å². The van der Waals surface area contributed by atoms with E-state index in [1.54, 1.807) is 11.3 Å². The fourth-order valence-electron chi connectivity index (χ4n) is 2.37. The van der Waals surface area contributed by atoms with E-state index in [-0.39, 0.29) is 11.1 Å². The highest BCUT2D eigenvalue weighted by atomic mass is 32.2. The topological polar surface area (TPSA) is 75.3 Å². The molecule has 0 saturated carbocycles. The number of ether oxygens (including phenoxy) is 1. The van der Waals surface area contributed by atoms with E-state index in [1.165, 1.54) is 16.6 Å². The Bertz CT molecular complexity index is 647. The third-order valence-electron chi connectivity index (χ3n) is 3.44. The standard InChI is InChI=1S/C13H17N3O3S2/c17-21(18,13-5-6-14-15-13)16(9-11-3-1-7-19-11)10-12-4-2-8-20-12/h2,4-6,8,11H,1,3,7,9-10H2,(H,14,15). The molecule has 1 aliphatic heterocycles. The summed E-state index contributed by atoms with van der Waals surface area (Å²) < 4.78 is 32.5. The number of nitrogens with one attached hydrogen (secondary N) is 1. The number of aromatic amines is 1. The summed E-state index contributed by atoms with van der Waals surface area (Å²) in [7, 11) is -3.58. The van der Waals surface area contributed by atoms with E-state index in [4.69, 9.17) is 4.74 Å². The molecule has 3 rings (SSSR count). The third-order valence-corrected chi connectivity index (χ3v) is 6.04. The summed E-state index contributed by atoms with van der Waals surface area (Å²) in [6.45, 7) is 1.44. The molecular weight excluding hydrogens is 310 g/mol. The van der Waals surface area contributed by atoms with Crippen LogP contribution in [-0.4, -0.2) is 42.2 Å².